The van der Waals surface area contributed by atoms with Gasteiger partial charge in [0.15, 0.2) is 0 Å². The zero-order chi connectivity index (χ0) is 13.1. The van der Waals surface area contributed by atoms with Gasteiger partial charge in [0.2, 0.25) is 0 Å². The van der Waals surface area contributed by atoms with E-state index in [2.05, 4.69) is 23.5 Å². The molecule has 2 N–H and O–H groups in total. The molecule has 96 valence electrons. The molecule has 0 spiro atoms. The van der Waals surface area contributed by atoms with Gasteiger partial charge in [0.05, 0.1) is 6.04 Å². The lowest BCUT2D eigenvalue weighted by Crippen LogP contribution is -2.39. The zero-order valence-corrected chi connectivity index (χ0v) is 10.8. The summed E-state index contributed by atoms with van der Waals surface area (Å²) < 4.78 is 0. The summed E-state index contributed by atoms with van der Waals surface area (Å²) in [6.45, 7) is 4.05. The number of benzene rings is 1. The molecule has 0 saturated heterocycles. The van der Waals surface area contributed by atoms with Crippen LogP contribution in [0, 0.1) is 0 Å². The Morgan fingerprint density at radius 1 is 1.44 bits per heavy atom. The van der Waals surface area contributed by atoms with Crippen LogP contribution in [0.5, 0.6) is 0 Å². The van der Waals surface area contributed by atoms with E-state index in [9.17, 15) is 9.90 Å². The highest BCUT2D eigenvalue weighted by Gasteiger charge is 2.27. The largest absolute Gasteiger partial charge is 0.480 e. The summed E-state index contributed by atoms with van der Waals surface area (Å²) in [6, 6.07) is 7.69. The molecule has 2 atom stereocenters. The molecule has 0 radical (unpaired) electrons. The van der Waals surface area contributed by atoms with Crippen molar-refractivity contribution >= 4 is 12.0 Å². The topological polar surface area (TPSA) is 49.3 Å². The van der Waals surface area contributed by atoms with Crippen molar-refractivity contribution in [2.24, 2.45) is 0 Å². The van der Waals surface area contributed by atoms with Crippen LogP contribution < -0.4 is 5.32 Å². The van der Waals surface area contributed by atoms with Gasteiger partial charge < -0.3 is 5.11 Å². The van der Waals surface area contributed by atoms with E-state index in [4.69, 9.17) is 0 Å². The fourth-order valence-corrected chi connectivity index (χ4v) is 2.47. The van der Waals surface area contributed by atoms with Crippen molar-refractivity contribution in [2.45, 2.75) is 38.8 Å². The van der Waals surface area contributed by atoms with E-state index in [1.165, 1.54) is 16.7 Å². The molecule has 0 aliphatic heterocycles. The lowest BCUT2D eigenvalue weighted by atomic mass is 10.0. The smallest absolute Gasteiger partial charge is 0.320 e. The van der Waals surface area contributed by atoms with Crippen molar-refractivity contribution in [3.8, 4) is 0 Å². The van der Waals surface area contributed by atoms with E-state index in [-0.39, 0.29) is 6.04 Å². The van der Waals surface area contributed by atoms with E-state index < -0.39 is 12.0 Å². The molecule has 1 aliphatic rings. The number of rotatable bonds is 5. The zero-order valence-electron chi connectivity index (χ0n) is 10.8. The molecule has 3 heteroatoms. The van der Waals surface area contributed by atoms with Gasteiger partial charge in [0.25, 0.3) is 0 Å². The predicted molar refractivity (Wildman–Crippen MR) is 72.3 cm³/mol. The lowest BCUT2D eigenvalue weighted by Gasteiger charge is -2.21. The van der Waals surface area contributed by atoms with Crippen molar-refractivity contribution in [3.63, 3.8) is 0 Å². The highest BCUT2D eigenvalue weighted by atomic mass is 16.4. The Labute approximate surface area is 108 Å². The van der Waals surface area contributed by atoms with Crippen molar-refractivity contribution in [2.75, 3.05) is 0 Å². The summed E-state index contributed by atoms with van der Waals surface area (Å²) in [5.41, 5.74) is 3.55. The molecule has 2 rings (SSSR count). The molecule has 0 heterocycles. The third-order valence-corrected chi connectivity index (χ3v) is 3.39. The molecule has 0 amide bonds. The fourth-order valence-electron chi connectivity index (χ4n) is 2.47. The minimum Gasteiger partial charge on any atom is -0.480 e. The van der Waals surface area contributed by atoms with Crippen LogP contribution in [-0.4, -0.2) is 17.1 Å². The third-order valence-electron chi connectivity index (χ3n) is 3.39. The second-order valence-corrected chi connectivity index (χ2v) is 4.80. The van der Waals surface area contributed by atoms with E-state index in [1.54, 1.807) is 0 Å². The molecule has 3 nitrogen and oxygen atoms in total. The SMILES string of the molecule is CCC[C@H](N[C@H]1C(C)=Cc2ccccc21)C(=O)O. The second-order valence-electron chi connectivity index (χ2n) is 4.80. The number of fused-ring (bicyclic) bond motifs is 1. The maximum atomic E-state index is 11.2. The Morgan fingerprint density at radius 3 is 2.83 bits per heavy atom. The molecular weight excluding hydrogens is 226 g/mol. The standard InChI is InChI=1S/C15H19NO2/c1-3-6-13(15(17)18)16-14-10(2)9-11-7-4-5-8-12(11)14/h4-5,7-9,13-14,16H,3,6H2,1-2H3,(H,17,18)/t13-,14-/m0/s1. The first-order valence-corrected chi connectivity index (χ1v) is 6.39. The monoisotopic (exact) mass is 245 g/mol. The van der Waals surface area contributed by atoms with Crippen molar-refractivity contribution in [1.29, 1.82) is 0 Å². The van der Waals surface area contributed by atoms with Crippen LogP contribution in [0.3, 0.4) is 0 Å². The number of carboxylic acids is 1. The van der Waals surface area contributed by atoms with Gasteiger partial charge in [-0.25, -0.2) is 0 Å². The van der Waals surface area contributed by atoms with Crippen molar-refractivity contribution in [3.05, 3.63) is 41.0 Å². The molecular formula is C15H19NO2. The van der Waals surface area contributed by atoms with Gasteiger partial charge in [0, 0.05) is 0 Å². The quantitative estimate of drug-likeness (QED) is 0.838. The summed E-state index contributed by atoms with van der Waals surface area (Å²) in [5, 5.41) is 12.5. The van der Waals surface area contributed by atoms with Crippen LogP contribution in [0.1, 0.15) is 43.9 Å². The molecule has 0 aromatic heterocycles. The first-order chi connectivity index (χ1) is 8.63. The highest BCUT2D eigenvalue weighted by molar-refractivity contribution is 5.74. The summed E-state index contributed by atoms with van der Waals surface area (Å²) >= 11 is 0. The third kappa shape index (κ3) is 2.46. The van der Waals surface area contributed by atoms with Gasteiger partial charge in [-0.05, 0) is 24.5 Å². The normalized spacial score (nSPS) is 19.2. The van der Waals surface area contributed by atoms with Crippen LogP contribution in [0.4, 0.5) is 0 Å². The minimum atomic E-state index is -0.769. The maximum absolute atomic E-state index is 11.2. The highest BCUT2D eigenvalue weighted by Crippen LogP contribution is 2.34. The fraction of sp³-hybridized carbons (Fsp3) is 0.400. The molecule has 0 unspecified atom stereocenters. The van der Waals surface area contributed by atoms with E-state index >= 15 is 0 Å². The van der Waals surface area contributed by atoms with Gasteiger partial charge in [-0.1, -0.05) is 49.3 Å². The number of aliphatic carboxylic acids is 1. The van der Waals surface area contributed by atoms with Crippen LogP contribution in [0.15, 0.2) is 29.8 Å². The van der Waals surface area contributed by atoms with Gasteiger partial charge in [-0.15, -0.1) is 0 Å². The first kappa shape index (κ1) is 12.8. The van der Waals surface area contributed by atoms with Gasteiger partial charge >= 0.3 is 5.97 Å². The Hall–Kier alpha value is -1.61. The van der Waals surface area contributed by atoms with Crippen LogP contribution in [0.2, 0.25) is 0 Å². The number of carboxylic acid groups (broad SMARTS) is 1. The van der Waals surface area contributed by atoms with Crippen LogP contribution >= 0.6 is 0 Å². The van der Waals surface area contributed by atoms with E-state index in [1.807, 2.05) is 26.0 Å². The molecule has 0 saturated carbocycles. The molecule has 1 aromatic carbocycles. The number of carbonyl (C=O) groups is 1. The Morgan fingerprint density at radius 2 is 2.17 bits per heavy atom. The van der Waals surface area contributed by atoms with Crippen LogP contribution in [-0.2, 0) is 4.79 Å². The Bertz CT molecular complexity index is 479. The minimum absolute atomic E-state index is 0.0360. The summed E-state index contributed by atoms with van der Waals surface area (Å²) in [4.78, 5) is 11.2. The Kier molecular flexibility index (Phi) is 3.82. The average Bonchev–Trinajstić information content (AvgIpc) is 2.65. The molecule has 18 heavy (non-hydrogen) atoms. The van der Waals surface area contributed by atoms with Gasteiger partial charge in [0.1, 0.15) is 6.04 Å². The van der Waals surface area contributed by atoms with Crippen molar-refractivity contribution < 1.29 is 9.90 Å². The average molecular weight is 245 g/mol. The van der Waals surface area contributed by atoms with Gasteiger partial charge in [-0.3, -0.25) is 10.1 Å². The molecule has 0 bridgehead atoms. The molecule has 1 aliphatic carbocycles. The molecule has 0 fully saturated rings. The number of hydrogen-bond donors (Lipinski definition) is 2. The summed E-state index contributed by atoms with van der Waals surface area (Å²) in [7, 11) is 0. The first-order valence-electron chi connectivity index (χ1n) is 6.39. The summed E-state index contributed by atoms with van der Waals surface area (Å²) in [5.74, 6) is -0.769. The predicted octanol–water partition coefficient (Wildman–Crippen LogP) is 2.99. The summed E-state index contributed by atoms with van der Waals surface area (Å²) in [6.07, 6.45) is 3.64. The van der Waals surface area contributed by atoms with E-state index in [0.29, 0.717) is 6.42 Å². The maximum Gasteiger partial charge on any atom is 0.320 e. The second kappa shape index (κ2) is 5.36. The van der Waals surface area contributed by atoms with Gasteiger partial charge in [-0.2, -0.15) is 0 Å². The number of hydrogen-bond acceptors (Lipinski definition) is 2. The lowest BCUT2D eigenvalue weighted by molar-refractivity contribution is -0.139. The van der Waals surface area contributed by atoms with Crippen LogP contribution in [0.25, 0.3) is 6.08 Å². The van der Waals surface area contributed by atoms with Crippen molar-refractivity contribution in [1.82, 2.24) is 5.32 Å². The van der Waals surface area contributed by atoms with E-state index in [0.717, 1.165) is 6.42 Å². The Balaban J connectivity index is 2.19. The molecule has 1 aromatic rings. The number of nitrogens with one attached hydrogen (secondary N) is 1.